The first-order valence-electron chi connectivity index (χ1n) is 7.31. The largest absolute Gasteiger partial charge is 0.390 e. The predicted octanol–water partition coefficient (Wildman–Crippen LogP) is 0.815. The molecule has 0 aliphatic carbocycles. The number of hydrogen-bond acceptors (Lipinski definition) is 4. The van der Waals surface area contributed by atoms with E-state index in [0.717, 1.165) is 19.5 Å². The molecule has 5 nitrogen and oxygen atoms in total. The van der Waals surface area contributed by atoms with Crippen molar-refractivity contribution in [3.05, 3.63) is 35.4 Å². The third kappa shape index (κ3) is 3.80. The Balaban J connectivity index is 1.51. The van der Waals surface area contributed by atoms with Gasteiger partial charge in [-0.1, -0.05) is 24.3 Å². The molecule has 1 aromatic rings. The highest BCUT2D eigenvalue weighted by Gasteiger charge is 2.24. The molecule has 3 rings (SSSR count). The Bertz CT molecular complexity index is 511. The van der Waals surface area contributed by atoms with Crippen molar-refractivity contribution in [2.45, 2.75) is 19.1 Å². The zero-order valence-corrected chi connectivity index (χ0v) is 13.0. The second-order valence-electron chi connectivity index (χ2n) is 5.56. The predicted molar refractivity (Wildman–Crippen MR) is 82.3 cm³/mol. The standard InChI is InChI=1S/C15H21N2O3P/c18-14(9-17-15(19)10-20-11-21-17)8-16-6-5-12-3-1-2-4-13(12)7-16/h1-4,14,18,21H,5-11H2. The number of fused-ring (bicyclic) bond motifs is 1. The maximum Gasteiger partial charge on any atom is 0.251 e. The Kier molecular flexibility index (Phi) is 4.86. The van der Waals surface area contributed by atoms with Crippen LogP contribution in [0.4, 0.5) is 0 Å². The maximum atomic E-state index is 11.7. The molecular weight excluding hydrogens is 287 g/mol. The van der Waals surface area contributed by atoms with Crippen molar-refractivity contribution in [1.29, 1.82) is 0 Å². The van der Waals surface area contributed by atoms with Gasteiger partial charge in [-0.25, -0.2) is 0 Å². The Labute approximate surface area is 126 Å². The van der Waals surface area contributed by atoms with E-state index in [-0.39, 0.29) is 12.5 Å². The van der Waals surface area contributed by atoms with E-state index in [1.165, 1.54) is 11.1 Å². The number of rotatable bonds is 4. The number of ether oxygens (including phenoxy) is 1. The summed E-state index contributed by atoms with van der Waals surface area (Å²) in [7, 11) is 0.332. The van der Waals surface area contributed by atoms with Gasteiger partial charge >= 0.3 is 0 Å². The van der Waals surface area contributed by atoms with Crippen LogP contribution in [-0.2, 0) is 22.5 Å². The van der Waals surface area contributed by atoms with E-state index < -0.39 is 6.10 Å². The first-order valence-corrected chi connectivity index (χ1v) is 8.46. The van der Waals surface area contributed by atoms with Crippen molar-refractivity contribution in [2.24, 2.45) is 0 Å². The van der Waals surface area contributed by atoms with E-state index >= 15 is 0 Å². The summed E-state index contributed by atoms with van der Waals surface area (Å²) in [6.45, 7) is 3.03. The highest BCUT2D eigenvalue weighted by Crippen LogP contribution is 2.23. The van der Waals surface area contributed by atoms with Crippen LogP contribution in [0.2, 0.25) is 0 Å². The van der Waals surface area contributed by atoms with Crippen molar-refractivity contribution in [2.75, 3.05) is 32.6 Å². The smallest absolute Gasteiger partial charge is 0.251 e. The average molecular weight is 308 g/mol. The number of aliphatic hydroxyl groups excluding tert-OH is 1. The van der Waals surface area contributed by atoms with Crippen LogP contribution in [-0.4, -0.2) is 59.3 Å². The first-order chi connectivity index (χ1) is 10.2. The number of amides is 1. The molecule has 1 N–H and O–H groups in total. The molecule has 0 spiro atoms. The molecule has 2 aliphatic heterocycles. The summed E-state index contributed by atoms with van der Waals surface area (Å²) in [5.41, 5.74) is 2.76. The second-order valence-corrected chi connectivity index (χ2v) is 6.71. The summed E-state index contributed by atoms with van der Waals surface area (Å²) in [4.78, 5) is 13.9. The molecule has 0 radical (unpaired) electrons. The van der Waals surface area contributed by atoms with Gasteiger partial charge in [-0.05, 0) is 17.5 Å². The van der Waals surface area contributed by atoms with Crippen molar-refractivity contribution >= 4 is 14.6 Å². The molecule has 6 heteroatoms. The van der Waals surface area contributed by atoms with E-state index in [9.17, 15) is 9.90 Å². The third-order valence-electron chi connectivity index (χ3n) is 3.96. The lowest BCUT2D eigenvalue weighted by molar-refractivity contribution is -0.133. The number of aliphatic hydroxyl groups is 1. The van der Waals surface area contributed by atoms with Gasteiger partial charge in [0.2, 0.25) is 0 Å². The first kappa shape index (κ1) is 14.9. The van der Waals surface area contributed by atoms with Crippen molar-refractivity contribution in [3.63, 3.8) is 0 Å². The molecule has 1 aromatic carbocycles. The fourth-order valence-corrected chi connectivity index (χ4v) is 3.80. The van der Waals surface area contributed by atoms with E-state index in [1.807, 2.05) is 0 Å². The molecular formula is C15H21N2O3P. The normalized spacial score (nSPS) is 22.3. The highest BCUT2D eigenvalue weighted by molar-refractivity contribution is 7.36. The number of benzene rings is 1. The monoisotopic (exact) mass is 308 g/mol. The summed E-state index contributed by atoms with van der Waals surface area (Å²) in [5.74, 6) is -0.0115. The van der Waals surface area contributed by atoms with Gasteiger partial charge in [0.05, 0.1) is 19.0 Å². The lowest BCUT2D eigenvalue weighted by Crippen LogP contribution is -2.43. The molecule has 21 heavy (non-hydrogen) atoms. The van der Waals surface area contributed by atoms with Crippen LogP contribution in [0.25, 0.3) is 0 Å². The molecule has 2 heterocycles. The van der Waals surface area contributed by atoms with Crippen LogP contribution in [0.15, 0.2) is 24.3 Å². The van der Waals surface area contributed by atoms with Crippen LogP contribution in [0.1, 0.15) is 11.1 Å². The van der Waals surface area contributed by atoms with Crippen LogP contribution >= 0.6 is 8.73 Å². The van der Waals surface area contributed by atoms with Gasteiger partial charge in [0.15, 0.2) is 0 Å². The minimum atomic E-state index is -0.496. The molecule has 0 aromatic heterocycles. The van der Waals surface area contributed by atoms with Crippen LogP contribution in [0.5, 0.6) is 0 Å². The van der Waals surface area contributed by atoms with Crippen LogP contribution < -0.4 is 0 Å². The van der Waals surface area contributed by atoms with Gasteiger partial charge in [0, 0.05) is 28.4 Å². The number of carbonyl (C=O) groups is 1. The molecule has 1 fully saturated rings. The Morgan fingerprint density at radius 2 is 2.10 bits per heavy atom. The maximum absolute atomic E-state index is 11.7. The summed E-state index contributed by atoms with van der Waals surface area (Å²) in [5, 5.41) is 10.2. The molecule has 2 unspecified atom stereocenters. The molecule has 2 atom stereocenters. The summed E-state index contributed by atoms with van der Waals surface area (Å²) in [6, 6.07) is 8.47. The lowest BCUT2D eigenvalue weighted by Gasteiger charge is -2.33. The van der Waals surface area contributed by atoms with Gasteiger partial charge in [-0.3, -0.25) is 9.69 Å². The molecule has 2 aliphatic rings. The average Bonchev–Trinajstić information content (AvgIpc) is 2.49. The van der Waals surface area contributed by atoms with Crippen molar-refractivity contribution in [3.8, 4) is 0 Å². The van der Waals surface area contributed by atoms with Gasteiger partial charge < -0.3 is 14.5 Å². The molecule has 1 saturated heterocycles. The van der Waals surface area contributed by atoms with Gasteiger partial charge in [-0.2, -0.15) is 0 Å². The number of nitrogens with zero attached hydrogens (tertiary/aromatic N) is 2. The number of β-amino-alcohol motifs (C(OH)–C–C–N with tert-alkyl or cyclic N) is 1. The van der Waals surface area contributed by atoms with Gasteiger partial charge in [0.1, 0.15) is 6.61 Å². The SMILES string of the molecule is O=C1COCPN1CC(O)CN1CCc2ccccc2C1. The zero-order valence-electron chi connectivity index (χ0n) is 12.0. The quantitative estimate of drug-likeness (QED) is 0.837. The van der Waals surface area contributed by atoms with E-state index in [4.69, 9.17) is 4.74 Å². The summed E-state index contributed by atoms with van der Waals surface area (Å²) >= 11 is 0. The Hall–Kier alpha value is -1.00. The topological polar surface area (TPSA) is 53.0 Å². The molecule has 114 valence electrons. The summed E-state index contributed by atoms with van der Waals surface area (Å²) < 4.78 is 6.84. The molecule has 0 saturated carbocycles. The molecule has 0 bridgehead atoms. The van der Waals surface area contributed by atoms with Crippen molar-refractivity contribution in [1.82, 2.24) is 9.57 Å². The fraction of sp³-hybridized carbons (Fsp3) is 0.533. The fourth-order valence-electron chi connectivity index (χ4n) is 2.87. The van der Waals surface area contributed by atoms with Gasteiger partial charge in [-0.15, -0.1) is 0 Å². The van der Waals surface area contributed by atoms with Crippen LogP contribution in [0, 0.1) is 0 Å². The minimum Gasteiger partial charge on any atom is -0.390 e. The van der Waals surface area contributed by atoms with E-state index in [2.05, 4.69) is 29.2 Å². The number of hydrogen-bond donors (Lipinski definition) is 1. The summed E-state index contributed by atoms with van der Waals surface area (Å²) in [6.07, 6.45) is 1.13. The zero-order chi connectivity index (χ0) is 14.7. The van der Waals surface area contributed by atoms with Crippen LogP contribution in [0.3, 0.4) is 0 Å². The minimum absolute atomic E-state index is 0.0115. The lowest BCUT2D eigenvalue weighted by atomic mass is 10.00. The van der Waals surface area contributed by atoms with Gasteiger partial charge in [0.25, 0.3) is 5.91 Å². The van der Waals surface area contributed by atoms with E-state index in [1.54, 1.807) is 4.67 Å². The number of carbonyl (C=O) groups excluding carboxylic acids is 1. The van der Waals surface area contributed by atoms with E-state index in [0.29, 0.717) is 28.2 Å². The van der Waals surface area contributed by atoms with Crippen molar-refractivity contribution < 1.29 is 14.6 Å². The molecule has 1 amide bonds. The third-order valence-corrected chi connectivity index (χ3v) is 5.10. The Morgan fingerprint density at radius 1 is 1.29 bits per heavy atom. The second kappa shape index (κ2) is 6.84. The highest BCUT2D eigenvalue weighted by atomic mass is 31.1. The Morgan fingerprint density at radius 3 is 2.90 bits per heavy atom.